The van der Waals surface area contributed by atoms with Crippen LogP contribution in [-0.4, -0.2) is 32.7 Å². The number of nitrogens with one attached hydrogen (secondary N) is 1. The Labute approximate surface area is 281 Å². The molecule has 0 saturated carbocycles. The zero-order valence-electron chi connectivity index (χ0n) is 25.0. The van der Waals surface area contributed by atoms with Crippen molar-refractivity contribution < 1.29 is 35.8 Å². The maximum atomic E-state index is 12.1. The normalized spacial score (nSPS) is 10.8. The molecule has 0 radical (unpaired) electrons. The molecule has 0 aliphatic heterocycles. The standard InChI is InChI=1S/C17H12F3N3O.C10H7ClN2.C7H6F3NO/c18-17(19,20)24-14-8-6-13(7-9-14)23-16-10-15(21-11-22-16)12-4-2-1-3-5-12;11-10-6-9(12-7-13-10)8-4-2-1-3-5-8;8-7(9,10)12-6-3-1-5(11)2-4-6/h1-11H,(H,21,22,23);1-7H;1-4H,11H2. The minimum Gasteiger partial charge on any atom is -0.406 e. The Hall–Kier alpha value is -5.89. The average Bonchev–Trinajstić information content (AvgIpc) is 3.07. The molecular formula is C34H25ClF6N6O2. The van der Waals surface area contributed by atoms with Crippen molar-refractivity contribution in [2.45, 2.75) is 12.7 Å². The summed E-state index contributed by atoms with van der Waals surface area (Å²) >= 11 is 5.74. The van der Waals surface area contributed by atoms with E-state index in [2.05, 4.69) is 34.7 Å². The van der Waals surface area contributed by atoms with Gasteiger partial charge in [-0.25, -0.2) is 19.9 Å². The van der Waals surface area contributed by atoms with Gasteiger partial charge in [-0.05, 0) is 48.5 Å². The molecule has 0 bridgehead atoms. The molecule has 4 aromatic carbocycles. The lowest BCUT2D eigenvalue weighted by Gasteiger charge is -2.10. The lowest BCUT2D eigenvalue weighted by atomic mass is 10.1. The summed E-state index contributed by atoms with van der Waals surface area (Å²) in [6, 6.07) is 33.3. The van der Waals surface area contributed by atoms with Crippen LogP contribution in [0.3, 0.4) is 0 Å². The molecule has 0 spiro atoms. The van der Waals surface area contributed by atoms with E-state index in [0.717, 1.165) is 34.6 Å². The van der Waals surface area contributed by atoms with E-state index in [0.29, 0.717) is 22.3 Å². The van der Waals surface area contributed by atoms with Gasteiger partial charge in [-0.15, -0.1) is 26.3 Å². The second-order valence-corrected chi connectivity index (χ2v) is 9.95. The predicted octanol–water partition coefficient (Wildman–Crippen LogP) is 9.75. The number of alkyl halides is 6. The van der Waals surface area contributed by atoms with Gasteiger partial charge in [0.25, 0.3) is 0 Å². The summed E-state index contributed by atoms with van der Waals surface area (Å²) in [6.07, 6.45) is -6.46. The molecule has 0 unspecified atom stereocenters. The first-order valence-corrected chi connectivity index (χ1v) is 14.4. The largest absolute Gasteiger partial charge is 0.573 e. The van der Waals surface area contributed by atoms with Crippen LogP contribution in [-0.2, 0) is 0 Å². The van der Waals surface area contributed by atoms with E-state index in [1.165, 1.54) is 49.1 Å². The van der Waals surface area contributed by atoms with E-state index in [9.17, 15) is 26.3 Å². The lowest BCUT2D eigenvalue weighted by molar-refractivity contribution is -0.275. The van der Waals surface area contributed by atoms with Crippen LogP contribution in [0.2, 0.25) is 5.15 Å². The molecular weight excluding hydrogens is 674 g/mol. The smallest absolute Gasteiger partial charge is 0.406 e. The van der Waals surface area contributed by atoms with Gasteiger partial charge in [-0.2, -0.15) is 0 Å². The van der Waals surface area contributed by atoms with Crippen molar-refractivity contribution in [3.05, 3.63) is 139 Å². The second kappa shape index (κ2) is 16.8. The van der Waals surface area contributed by atoms with Crippen molar-refractivity contribution in [3.8, 4) is 34.0 Å². The zero-order valence-corrected chi connectivity index (χ0v) is 25.8. The molecule has 0 aliphatic carbocycles. The van der Waals surface area contributed by atoms with Gasteiger partial charge >= 0.3 is 12.7 Å². The maximum Gasteiger partial charge on any atom is 0.573 e. The van der Waals surface area contributed by atoms with Crippen molar-refractivity contribution in [1.29, 1.82) is 0 Å². The highest BCUT2D eigenvalue weighted by atomic mass is 35.5. The number of ether oxygens (including phenoxy) is 2. The Balaban J connectivity index is 0.000000182. The number of benzene rings is 4. The van der Waals surface area contributed by atoms with Gasteiger partial charge in [0.1, 0.15) is 35.1 Å². The van der Waals surface area contributed by atoms with Crippen molar-refractivity contribution in [3.63, 3.8) is 0 Å². The summed E-state index contributed by atoms with van der Waals surface area (Å²) in [5.74, 6) is -0.00856. The SMILES string of the molecule is Clc1cc(-c2ccccc2)ncn1.FC(F)(F)Oc1ccc(Nc2cc(-c3ccccc3)ncn2)cc1.Nc1ccc(OC(F)(F)F)cc1. The molecule has 0 aliphatic rings. The molecule has 252 valence electrons. The van der Waals surface area contributed by atoms with Crippen molar-refractivity contribution >= 4 is 28.8 Å². The third-order valence-electron chi connectivity index (χ3n) is 5.91. The Morgan fingerprint density at radius 2 is 1.00 bits per heavy atom. The quantitative estimate of drug-likeness (QED) is 0.101. The Morgan fingerprint density at radius 1 is 0.551 bits per heavy atom. The Morgan fingerprint density at radius 3 is 1.47 bits per heavy atom. The van der Waals surface area contributed by atoms with E-state index in [-0.39, 0.29) is 11.5 Å². The number of halogens is 7. The molecule has 0 saturated heterocycles. The fourth-order valence-electron chi connectivity index (χ4n) is 3.85. The molecule has 0 atom stereocenters. The van der Waals surface area contributed by atoms with Crippen LogP contribution in [0.4, 0.5) is 43.5 Å². The number of anilines is 3. The fraction of sp³-hybridized carbons (Fsp3) is 0.0588. The summed E-state index contributed by atoms with van der Waals surface area (Å²) in [4.78, 5) is 16.3. The van der Waals surface area contributed by atoms with Crippen molar-refractivity contribution in [1.82, 2.24) is 19.9 Å². The molecule has 8 nitrogen and oxygen atoms in total. The third-order valence-corrected chi connectivity index (χ3v) is 6.12. The van der Waals surface area contributed by atoms with Crippen LogP contribution in [0.15, 0.2) is 134 Å². The molecule has 2 heterocycles. The van der Waals surface area contributed by atoms with Gasteiger partial charge in [-0.3, -0.25) is 0 Å². The molecule has 49 heavy (non-hydrogen) atoms. The molecule has 3 N–H and O–H groups in total. The Bertz CT molecular complexity index is 1880. The topological polar surface area (TPSA) is 108 Å². The minimum absolute atomic E-state index is 0.267. The zero-order chi connectivity index (χ0) is 35.3. The first-order chi connectivity index (χ1) is 23.3. The van der Waals surface area contributed by atoms with Gasteiger partial charge in [0.15, 0.2) is 0 Å². The van der Waals surface area contributed by atoms with Crippen LogP contribution >= 0.6 is 11.6 Å². The highest BCUT2D eigenvalue weighted by Gasteiger charge is 2.31. The van der Waals surface area contributed by atoms with Gasteiger partial charge in [0.2, 0.25) is 0 Å². The maximum absolute atomic E-state index is 12.1. The highest BCUT2D eigenvalue weighted by Crippen LogP contribution is 2.26. The van der Waals surface area contributed by atoms with Crippen LogP contribution in [0.5, 0.6) is 11.5 Å². The van der Waals surface area contributed by atoms with Gasteiger partial charge in [-0.1, -0.05) is 72.3 Å². The molecule has 0 amide bonds. The summed E-state index contributed by atoms with van der Waals surface area (Å²) in [5, 5.41) is 3.48. The number of nitrogens with two attached hydrogens (primary N) is 1. The molecule has 0 fully saturated rings. The summed E-state index contributed by atoms with van der Waals surface area (Å²) < 4.78 is 78.6. The molecule has 6 aromatic rings. The summed E-state index contributed by atoms with van der Waals surface area (Å²) in [6.45, 7) is 0. The lowest BCUT2D eigenvalue weighted by Crippen LogP contribution is -2.17. The summed E-state index contributed by atoms with van der Waals surface area (Å²) in [7, 11) is 0. The number of aromatic nitrogens is 4. The average molecular weight is 699 g/mol. The first-order valence-electron chi connectivity index (χ1n) is 14.0. The number of nitrogens with zero attached hydrogens (tertiary/aromatic N) is 4. The van der Waals surface area contributed by atoms with Crippen LogP contribution in [0, 0.1) is 0 Å². The van der Waals surface area contributed by atoms with Crippen molar-refractivity contribution in [2.75, 3.05) is 11.1 Å². The summed E-state index contributed by atoms with van der Waals surface area (Å²) in [5.41, 5.74) is 9.81. The van der Waals surface area contributed by atoms with E-state index in [4.69, 9.17) is 17.3 Å². The second-order valence-electron chi connectivity index (χ2n) is 9.56. The van der Waals surface area contributed by atoms with E-state index < -0.39 is 12.7 Å². The fourth-order valence-corrected chi connectivity index (χ4v) is 4.00. The van der Waals surface area contributed by atoms with E-state index in [1.54, 1.807) is 12.1 Å². The van der Waals surface area contributed by atoms with Crippen LogP contribution in [0.1, 0.15) is 0 Å². The molecule has 15 heteroatoms. The monoisotopic (exact) mass is 698 g/mol. The molecule has 2 aromatic heterocycles. The van der Waals surface area contributed by atoms with Crippen LogP contribution in [0.25, 0.3) is 22.5 Å². The number of hydrogen-bond donors (Lipinski definition) is 2. The number of hydrogen-bond acceptors (Lipinski definition) is 8. The first kappa shape index (κ1) is 36.0. The third kappa shape index (κ3) is 13.0. The Kier molecular flexibility index (Phi) is 12.3. The van der Waals surface area contributed by atoms with Gasteiger partial charge in [0, 0.05) is 34.6 Å². The van der Waals surface area contributed by atoms with Gasteiger partial charge < -0.3 is 20.5 Å². The minimum atomic E-state index is -4.70. The molecule has 6 rings (SSSR count). The predicted molar refractivity (Wildman–Crippen MR) is 174 cm³/mol. The highest BCUT2D eigenvalue weighted by molar-refractivity contribution is 6.29. The van der Waals surface area contributed by atoms with E-state index in [1.807, 2.05) is 60.7 Å². The number of rotatable bonds is 6. The van der Waals surface area contributed by atoms with Crippen molar-refractivity contribution in [2.24, 2.45) is 0 Å². The van der Waals surface area contributed by atoms with Crippen LogP contribution < -0.4 is 20.5 Å². The number of nitrogen functional groups attached to an aromatic ring is 1. The van der Waals surface area contributed by atoms with Gasteiger partial charge in [0.05, 0.1) is 11.4 Å². The van der Waals surface area contributed by atoms with E-state index >= 15 is 0 Å².